The van der Waals surface area contributed by atoms with Crippen LogP contribution in [-0.2, 0) is 33.6 Å². The molecule has 0 aromatic carbocycles. The summed E-state index contributed by atoms with van der Waals surface area (Å²) in [6.07, 6.45) is 7.00. The van der Waals surface area contributed by atoms with Gasteiger partial charge in [0.05, 0.1) is 45.7 Å². The second-order valence-electron chi connectivity index (χ2n) is 7.50. The Labute approximate surface area is 288 Å². The van der Waals surface area contributed by atoms with Gasteiger partial charge in [-0.1, -0.05) is 32.8 Å². The molecule has 0 saturated heterocycles. The second kappa shape index (κ2) is 40.1. The maximum Gasteiger partial charge on any atom is 2.00 e. The summed E-state index contributed by atoms with van der Waals surface area (Å²) in [7, 11) is 0. The van der Waals surface area contributed by atoms with Crippen molar-refractivity contribution in [3.63, 3.8) is 0 Å². The van der Waals surface area contributed by atoms with Crippen LogP contribution in [0.3, 0.4) is 0 Å². The molecule has 0 spiro atoms. The number of rotatable bonds is 4. The van der Waals surface area contributed by atoms with Gasteiger partial charge >= 0.3 is 33.6 Å². The SMILES string of the molecule is CC(=N\[O-])/C(C)=N/O.CC(=N\[O-])/C(C)=N/O.CC(=N\[O-])/C(C)=N/O.CC(=N\[O-])/C(C)=N/O.[Co+2].[Co+2].c1ccncc1.c1ccncc1. The van der Waals surface area contributed by atoms with E-state index in [0.29, 0.717) is 0 Å². The molecule has 4 N–H and O–H groups in total. The third kappa shape index (κ3) is 37.1. The topological polar surface area (TPSA) is 298 Å². The molecule has 18 nitrogen and oxygen atoms in total. The molecule has 0 saturated carbocycles. The van der Waals surface area contributed by atoms with Crippen molar-refractivity contribution >= 4 is 45.7 Å². The summed E-state index contributed by atoms with van der Waals surface area (Å²) in [4.78, 5) is 7.57. The van der Waals surface area contributed by atoms with Gasteiger partial charge in [0.15, 0.2) is 0 Å². The van der Waals surface area contributed by atoms with Gasteiger partial charge in [-0.15, -0.1) is 0 Å². The molecule has 2 radical (unpaired) electrons. The van der Waals surface area contributed by atoms with E-state index in [2.05, 4.69) is 51.2 Å². The van der Waals surface area contributed by atoms with Gasteiger partial charge in [-0.3, -0.25) is 9.97 Å². The number of nitrogens with zero attached hydrogens (tertiary/aromatic N) is 10. The van der Waals surface area contributed by atoms with Gasteiger partial charge < -0.3 is 62.3 Å². The first-order valence-corrected chi connectivity index (χ1v) is 12.0. The third-order valence-corrected chi connectivity index (χ3v) is 4.38. The number of pyridine rings is 2. The molecule has 258 valence electrons. The zero-order chi connectivity index (χ0) is 34.8. The first-order valence-electron chi connectivity index (χ1n) is 12.0. The third-order valence-electron chi connectivity index (χ3n) is 4.38. The Hall–Kier alpha value is -4.93. The summed E-state index contributed by atoms with van der Waals surface area (Å²) in [5.74, 6) is 0. The van der Waals surface area contributed by atoms with Crippen LogP contribution in [0.25, 0.3) is 0 Å². The molecule has 0 bridgehead atoms. The molecule has 0 amide bonds. The van der Waals surface area contributed by atoms with Crippen molar-refractivity contribution in [2.24, 2.45) is 41.2 Å². The summed E-state index contributed by atoms with van der Waals surface area (Å²) >= 11 is 0. The molecule has 2 rings (SSSR count). The second-order valence-corrected chi connectivity index (χ2v) is 7.50. The van der Waals surface area contributed by atoms with E-state index in [1.165, 1.54) is 55.4 Å². The predicted octanol–water partition coefficient (Wildman–Crippen LogP) is 5.34. The van der Waals surface area contributed by atoms with Crippen LogP contribution in [0.1, 0.15) is 55.4 Å². The monoisotopic (exact) mass is 736 g/mol. The van der Waals surface area contributed by atoms with E-state index in [4.69, 9.17) is 20.8 Å². The van der Waals surface area contributed by atoms with Crippen LogP contribution in [0.2, 0.25) is 0 Å². The van der Waals surface area contributed by atoms with Gasteiger partial charge in [0.2, 0.25) is 0 Å². The Morgan fingerprint density at radius 2 is 0.543 bits per heavy atom. The van der Waals surface area contributed by atoms with E-state index in [1.54, 1.807) is 24.8 Å². The molecule has 0 atom stereocenters. The van der Waals surface area contributed by atoms with Crippen molar-refractivity contribution in [3.05, 3.63) is 82.0 Å². The normalized spacial score (nSPS) is 12.0. The summed E-state index contributed by atoms with van der Waals surface area (Å²) in [6, 6.07) is 11.4. The first kappa shape index (κ1) is 53.6. The number of hydrogen-bond acceptors (Lipinski definition) is 18. The molecule has 0 aliphatic heterocycles. The molecular weight excluding hydrogens is 698 g/mol. The summed E-state index contributed by atoms with van der Waals surface area (Å²) in [5.41, 5.74) is 1.81. The molecule has 2 aromatic rings. The molecule has 46 heavy (non-hydrogen) atoms. The van der Waals surface area contributed by atoms with Crippen molar-refractivity contribution < 1.29 is 54.4 Å². The van der Waals surface area contributed by atoms with E-state index >= 15 is 0 Å². The smallest absolute Gasteiger partial charge is 0.792 e. The van der Waals surface area contributed by atoms with Crippen LogP contribution in [0.4, 0.5) is 0 Å². The van der Waals surface area contributed by atoms with Gasteiger partial charge in [0, 0.05) is 24.8 Å². The van der Waals surface area contributed by atoms with Crippen LogP contribution in [-0.4, -0.2) is 76.5 Å². The summed E-state index contributed by atoms with van der Waals surface area (Å²) in [6.45, 7) is 11.9. The largest absolute Gasteiger partial charge is 2.00 e. The molecular formula is C26H38Co2N10O8. The van der Waals surface area contributed by atoms with Crippen molar-refractivity contribution in [2.45, 2.75) is 55.4 Å². The molecule has 0 fully saturated rings. The van der Waals surface area contributed by atoms with Crippen LogP contribution in [0.5, 0.6) is 0 Å². The summed E-state index contributed by atoms with van der Waals surface area (Å²) < 4.78 is 0. The van der Waals surface area contributed by atoms with Gasteiger partial charge in [0.25, 0.3) is 0 Å². The average Bonchev–Trinajstić information content (AvgIpc) is 3.11. The van der Waals surface area contributed by atoms with E-state index in [-0.39, 0.29) is 79.3 Å². The van der Waals surface area contributed by atoms with Gasteiger partial charge in [0.1, 0.15) is 0 Å². The molecule has 20 heteroatoms. The minimum atomic E-state index is 0. The Morgan fingerprint density at radius 3 is 0.587 bits per heavy atom. The number of hydrogen-bond donors (Lipinski definition) is 4. The van der Waals surface area contributed by atoms with Crippen LogP contribution < -0.4 is 0 Å². The minimum Gasteiger partial charge on any atom is -0.792 e. The van der Waals surface area contributed by atoms with E-state index in [0.717, 1.165) is 0 Å². The van der Waals surface area contributed by atoms with E-state index in [9.17, 15) is 20.8 Å². The molecule has 0 aliphatic rings. The maximum absolute atomic E-state index is 9.63. The zero-order valence-corrected chi connectivity index (χ0v) is 28.4. The van der Waals surface area contributed by atoms with E-state index in [1.807, 2.05) is 36.4 Å². The fourth-order valence-corrected chi connectivity index (χ4v) is 1.18. The summed E-state index contributed by atoms with van der Waals surface area (Å²) in [5, 5.41) is 91.6. The van der Waals surface area contributed by atoms with Crippen molar-refractivity contribution in [1.82, 2.24) is 9.97 Å². The van der Waals surface area contributed by atoms with Crippen LogP contribution >= 0.6 is 0 Å². The van der Waals surface area contributed by atoms with Crippen LogP contribution in [0, 0.1) is 20.8 Å². The number of oxime groups is 4. The van der Waals surface area contributed by atoms with E-state index < -0.39 is 0 Å². The molecule has 0 unspecified atom stereocenters. The zero-order valence-electron chi connectivity index (χ0n) is 26.3. The quantitative estimate of drug-likeness (QED) is 0.177. The Kier molecular flexibility index (Phi) is 46.7. The fraction of sp³-hybridized carbons (Fsp3) is 0.308. The van der Waals surface area contributed by atoms with Crippen LogP contribution in [0.15, 0.2) is 102 Å². The fourth-order valence-electron chi connectivity index (χ4n) is 1.18. The Morgan fingerprint density at radius 1 is 0.370 bits per heavy atom. The Bertz CT molecular complexity index is 951. The minimum absolute atomic E-state index is 0. The van der Waals surface area contributed by atoms with Crippen molar-refractivity contribution in [1.29, 1.82) is 0 Å². The molecule has 2 heterocycles. The standard InChI is InChI=1S/2C5H5N.4C4H8N2O2.2Co/c2*1-2-4-6-5-3-1;4*1-3(5-7)4(2)6-8;;/h2*1-5H;4*7-8H,1-2H3;;/q;;;;;;2*+2/p-4/b;;4*5-3+,6-4+;;. The Balaban J connectivity index is -0.000000104. The maximum atomic E-state index is 9.63. The van der Waals surface area contributed by atoms with Crippen molar-refractivity contribution in [3.8, 4) is 0 Å². The first-order chi connectivity index (χ1) is 20.9. The molecule has 0 aliphatic carbocycles. The predicted molar refractivity (Wildman–Crippen MR) is 174 cm³/mol. The van der Waals surface area contributed by atoms with Gasteiger partial charge in [-0.2, -0.15) is 0 Å². The van der Waals surface area contributed by atoms with Gasteiger partial charge in [-0.25, -0.2) is 0 Å². The number of aromatic nitrogens is 2. The van der Waals surface area contributed by atoms with Crippen molar-refractivity contribution in [2.75, 3.05) is 0 Å². The van der Waals surface area contributed by atoms with Gasteiger partial charge in [-0.05, 0) is 79.7 Å². The average molecular weight is 737 g/mol. The molecule has 2 aromatic heterocycles.